The molecule has 3 aromatic carbocycles. The molecular formula is C47H58N8O9S. The van der Waals surface area contributed by atoms with Crippen molar-refractivity contribution in [1.82, 2.24) is 29.8 Å². The lowest BCUT2D eigenvalue weighted by atomic mass is 9.92. The quantitative estimate of drug-likeness (QED) is 0.0813. The summed E-state index contributed by atoms with van der Waals surface area (Å²) in [4.78, 5) is 84.0. The first-order valence-electron chi connectivity index (χ1n) is 22.3. The average Bonchev–Trinajstić information content (AvgIpc) is 3.75. The summed E-state index contributed by atoms with van der Waals surface area (Å²) in [5.74, 6) is -1.62. The number of piperazine rings is 1. The molecule has 18 heteroatoms. The van der Waals surface area contributed by atoms with Crippen LogP contribution in [0.3, 0.4) is 0 Å². The van der Waals surface area contributed by atoms with Crippen LogP contribution in [0.4, 0.5) is 11.4 Å². The summed E-state index contributed by atoms with van der Waals surface area (Å²) >= 11 is 0. The number of fused-ring (bicyclic) bond motifs is 2. The van der Waals surface area contributed by atoms with E-state index in [0.717, 1.165) is 74.2 Å². The molecule has 0 spiro atoms. The van der Waals surface area contributed by atoms with Gasteiger partial charge in [0.25, 0.3) is 11.8 Å². The fourth-order valence-electron chi connectivity index (χ4n) is 9.01. The monoisotopic (exact) mass is 910 g/mol. The lowest BCUT2D eigenvalue weighted by molar-refractivity contribution is -0.134. The number of aromatic nitrogens is 2. The van der Waals surface area contributed by atoms with E-state index in [4.69, 9.17) is 9.47 Å². The number of anilines is 2. The number of carbonyl (C=O) groups excluding carboxylic acids is 6. The minimum atomic E-state index is -1.36. The third kappa shape index (κ3) is 10.9. The van der Waals surface area contributed by atoms with E-state index in [9.17, 15) is 33.0 Å². The second-order valence-electron chi connectivity index (χ2n) is 16.8. The van der Waals surface area contributed by atoms with Crippen molar-refractivity contribution in [2.24, 2.45) is 7.05 Å². The first-order chi connectivity index (χ1) is 31.4. The average molecular weight is 911 g/mol. The van der Waals surface area contributed by atoms with Crippen molar-refractivity contribution in [3.05, 3.63) is 77.0 Å². The standard InChI is InChI=1S/C47H58N8O9S/c1-5-64-38-27-30(18-20-37(38)63-3)36(29-65(4)62)55-46(60)31-13-11-15-34(42(31)47(55)61)48-39(56)17-9-7-6-8-10-22-53-23-25-54(26-24-53)28-41(58)49-35-16-12-14-32-43(51-52(2)44(32)35)33-19-21-40(57)50-45(33)59/h11-16,18,20,27,33,36H,5-10,17,19,21-26,28-29H2,1-4H3,(H,48,56)(H,49,58)(H,50,57,59). The number of para-hydroxylation sites is 1. The Hall–Kier alpha value is -5.98. The van der Waals surface area contributed by atoms with Gasteiger partial charge in [0.15, 0.2) is 11.5 Å². The van der Waals surface area contributed by atoms with Gasteiger partial charge in [0.2, 0.25) is 23.6 Å². The van der Waals surface area contributed by atoms with E-state index in [0.29, 0.717) is 47.9 Å². The number of rotatable bonds is 20. The molecule has 3 atom stereocenters. The van der Waals surface area contributed by atoms with Crippen LogP contribution >= 0.6 is 0 Å². The van der Waals surface area contributed by atoms with Crippen molar-refractivity contribution >= 4 is 68.5 Å². The number of amides is 6. The van der Waals surface area contributed by atoms with E-state index in [2.05, 4.69) is 30.8 Å². The Bertz CT molecular complexity index is 2480. The number of methoxy groups -OCH3 is 1. The molecule has 0 bridgehead atoms. The number of nitrogens with one attached hydrogen (secondary N) is 3. The molecule has 3 aliphatic rings. The highest BCUT2D eigenvalue weighted by Crippen LogP contribution is 2.39. The van der Waals surface area contributed by atoms with Crippen LogP contribution in [0.5, 0.6) is 11.5 Å². The summed E-state index contributed by atoms with van der Waals surface area (Å²) in [5.41, 5.74) is 3.12. The Labute approximate surface area is 381 Å². The Balaban J connectivity index is 0.816. The Kier molecular flexibility index (Phi) is 15.4. The molecule has 0 radical (unpaired) electrons. The number of hydrogen-bond donors (Lipinski definition) is 3. The van der Waals surface area contributed by atoms with Gasteiger partial charge in [-0.05, 0) is 68.6 Å². The molecular weight excluding hydrogens is 853 g/mol. The fourth-order valence-corrected chi connectivity index (χ4v) is 9.79. The lowest BCUT2D eigenvalue weighted by Crippen LogP contribution is -2.48. The molecule has 7 rings (SSSR count). The van der Waals surface area contributed by atoms with Crippen LogP contribution in [-0.2, 0) is 37.0 Å². The minimum Gasteiger partial charge on any atom is -0.493 e. The molecule has 1 aromatic heterocycles. The molecule has 3 aliphatic heterocycles. The van der Waals surface area contributed by atoms with Crippen LogP contribution in [0.1, 0.15) is 102 Å². The van der Waals surface area contributed by atoms with Gasteiger partial charge in [-0.15, -0.1) is 0 Å². The highest BCUT2D eigenvalue weighted by Gasteiger charge is 2.43. The number of piperidine rings is 1. The molecule has 17 nitrogen and oxygen atoms in total. The lowest BCUT2D eigenvalue weighted by Gasteiger charge is -2.34. The van der Waals surface area contributed by atoms with E-state index in [1.54, 1.807) is 48.1 Å². The van der Waals surface area contributed by atoms with E-state index in [-0.39, 0.29) is 65.6 Å². The van der Waals surface area contributed by atoms with Gasteiger partial charge in [0, 0.05) is 74.3 Å². The first-order valence-corrected chi connectivity index (χ1v) is 24.0. The predicted molar refractivity (Wildman–Crippen MR) is 246 cm³/mol. The zero-order valence-electron chi connectivity index (χ0n) is 37.5. The second kappa shape index (κ2) is 21.3. The van der Waals surface area contributed by atoms with Crippen molar-refractivity contribution in [1.29, 1.82) is 0 Å². The van der Waals surface area contributed by atoms with Crippen LogP contribution in [-0.4, -0.2) is 129 Å². The van der Waals surface area contributed by atoms with E-state index in [1.165, 1.54) is 13.4 Å². The van der Waals surface area contributed by atoms with Crippen molar-refractivity contribution in [2.75, 3.05) is 75.6 Å². The fraction of sp³-hybridized carbons (Fsp3) is 0.468. The third-order valence-electron chi connectivity index (χ3n) is 12.2. The summed E-state index contributed by atoms with van der Waals surface area (Å²) < 4.78 is 25.4. The summed E-state index contributed by atoms with van der Waals surface area (Å²) in [6, 6.07) is 14.7. The first kappa shape index (κ1) is 47.0. The van der Waals surface area contributed by atoms with Crippen LogP contribution in [0, 0.1) is 0 Å². The van der Waals surface area contributed by atoms with Crippen molar-refractivity contribution in [3.63, 3.8) is 0 Å². The van der Waals surface area contributed by atoms with E-state index >= 15 is 0 Å². The molecule has 4 aromatic rings. The summed E-state index contributed by atoms with van der Waals surface area (Å²) in [6.45, 7) is 6.72. The molecule has 6 amide bonds. The number of hydrogen-bond acceptors (Lipinski definition) is 12. The number of ether oxygens (including phenoxy) is 2. The highest BCUT2D eigenvalue weighted by molar-refractivity contribution is 7.84. The largest absolute Gasteiger partial charge is 0.493 e. The molecule has 0 aliphatic carbocycles. The maximum absolute atomic E-state index is 14.0. The number of nitrogens with zero attached hydrogens (tertiary/aromatic N) is 5. The number of benzene rings is 3. The van der Waals surface area contributed by atoms with E-state index < -0.39 is 34.6 Å². The molecule has 4 heterocycles. The molecule has 65 heavy (non-hydrogen) atoms. The minimum absolute atomic E-state index is 0.0225. The smallest absolute Gasteiger partial charge is 0.264 e. The van der Waals surface area contributed by atoms with Gasteiger partial charge in [-0.1, -0.05) is 43.5 Å². The SMILES string of the molecule is CCOc1cc(C(CS(C)=O)N2C(=O)c3cccc(NC(=O)CCCCCCCN4CCN(CC(=O)Nc5cccc6c(C7CCC(=O)NC7=O)nn(C)c56)CC4)c3C2=O)ccc1OC. The maximum Gasteiger partial charge on any atom is 0.264 e. The van der Waals surface area contributed by atoms with Crippen LogP contribution in [0.15, 0.2) is 54.6 Å². The van der Waals surface area contributed by atoms with Crippen molar-refractivity contribution in [2.45, 2.75) is 70.3 Å². The topological polar surface area (TPSA) is 202 Å². The van der Waals surface area contributed by atoms with Crippen LogP contribution in [0.2, 0.25) is 0 Å². The van der Waals surface area contributed by atoms with E-state index in [1.807, 2.05) is 25.1 Å². The molecule has 0 saturated carbocycles. The number of carbonyl (C=O) groups is 6. The summed E-state index contributed by atoms with van der Waals surface area (Å²) in [7, 11) is 1.95. The van der Waals surface area contributed by atoms with Gasteiger partial charge in [0.1, 0.15) is 0 Å². The predicted octanol–water partition coefficient (Wildman–Crippen LogP) is 4.75. The van der Waals surface area contributed by atoms with Crippen molar-refractivity contribution < 1.29 is 42.4 Å². The summed E-state index contributed by atoms with van der Waals surface area (Å²) in [5, 5.41) is 13.7. The molecule has 3 unspecified atom stereocenters. The van der Waals surface area contributed by atoms with Gasteiger partial charge in [-0.2, -0.15) is 5.10 Å². The molecule has 346 valence electrons. The molecule has 2 saturated heterocycles. The zero-order chi connectivity index (χ0) is 46.2. The van der Waals surface area contributed by atoms with Gasteiger partial charge in [-0.25, -0.2) is 0 Å². The van der Waals surface area contributed by atoms with Gasteiger partial charge >= 0.3 is 0 Å². The highest BCUT2D eigenvalue weighted by atomic mass is 32.2. The van der Waals surface area contributed by atoms with Crippen molar-refractivity contribution in [3.8, 4) is 11.5 Å². The van der Waals surface area contributed by atoms with Gasteiger partial charge < -0.3 is 25.0 Å². The number of unbranched alkanes of at least 4 members (excludes halogenated alkanes) is 4. The summed E-state index contributed by atoms with van der Waals surface area (Å²) in [6.07, 6.45) is 7.04. The normalized spacial score (nSPS) is 17.8. The Morgan fingerprint density at radius 2 is 1.58 bits per heavy atom. The third-order valence-corrected chi connectivity index (χ3v) is 13.0. The Morgan fingerprint density at radius 3 is 2.32 bits per heavy atom. The van der Waals surface area contributed by atoms with Crippen LogP contribution < -0.4 is 25.4 Å². The zero-order valence-corrected chi connectivity index (χ0v) is 38.3. The maximum atomic E-state index is 14.0. The second-order valence-corrected chi connectivity index (χ2v) is 18.2. The van der Waals surface area contributed by atoms with Gasteiger partial charge in [-0.3, -0.25) is 52.8 Å². The van der Waals surface area contributed by atoms with Gasteiger partial charge in [0.05, 0.1) is 65.9 Å². The molecule has 3 N–H and O–H groups in total. The molecule has 2 fully saturated rings. The number of imide groups is 2. The van der Waals surface area contributed by atoms with Crippen LogP contribution in [0.25, 0.3) is 10.9 Å². The Morgan fingerprint density at radius 1 is 0.877 bits per heavy atom. The number of aryl methyl sites for hydroxylation is 1.